The Morgan fingerprint density at radius 3 is 2.38 bits per heavy atom. The normalized spacial score (nSPS) is 12.5. The van der Waals surface area contributed by atoms with Gasteiger partial charge in [0.25, 0.3) is 0 Å². The first-order valence-electron chi connectivity index (χ1n) is 6.15. The Morgan fingerprint density at radius 2 is 1.90 bits per heavy atom. The van der Waals surface area contributed by atoms with Crippen LogP contribution in [0.3, 0.4) is 0 Å². The van der Waals surface area contributed by atoms with E-state index >= 15 is 0 Å². The summed E-state index contributed by atoms with van der Waals surface area (Å²) in [6, 6.07) is 8.84. The van der Waals surface area contributed by atoms with Crippen molar-refractivity contribution >= 4 is 59.8 Å². The number of thiol groups is 1. The number of hydrogen-bond donors (Lipinski definition) is 3. The minimum absolute atomic E-state index is 0. The summed E-state index contributed by atoms with van der Waals surface area (Å²) >= 11 is 4.05. The van der Waals surface area contributed by atoms with E-state index < -0.39 is 17.5 Å². The van der Waals surface area contributed by atoms with Crippen molar-refractivity contribution in [2.75, 3.05) is 5.32 Å². The van der Waals surface area contributed by atoms with E-state index in [4.69, 9.17) is 9.84 Å². The van der Waals surface area contributed by atoms with Gasteiger partial charge >= 0.3 is 41.5 Å². The van der Waals surface area contributed by atoms with E-state index in [-0.39, 0.29) is 40.7 Å². The van der Waals surface area contributed by atoms with Gasteiger partial charge in [0.2, 0.25) is 0 Å². The third-order valence-electron chi connectivity index (χ3n) is 2.57. The van der Waals surface area contributed by atoms with E-state index in [1.54, 1.807) is 31.2 Å². The van der Waals surface area contributed by atoms with Gasteiger partial charge in [0.05, 0.1) is 11.1 Å². The molecule has 7 heteroatoms. The Bertz CT molecular complexity index is 519. The monoisotopic (exact) mass is 319 g/mol. The molecule has 1 rings (SSSR count). The number of ether oxygens (including phenoxy) is 1. The van der Waals surface area contributed by atoms with Crippen molar-refractivity contribution in [1.29, 1.82) is 0 Å². The zero-order chi connectivity index (χ0) is 15.1. The first-order valence-corrected chi connectivity index (χ1v) is 6.60. The summed E-state index contributed by atoms with van der Waals surface area (Å²) in [5, 5.41) is 11.8. The van der Waals surface area contributed by atoms with Crippen LogP contribution in [-0.2, 0) is 14.3 Å². The summed E-state index contributed by atoms with van der Waals surface area (Å²) in [7, 11) is 0. The van der Waals surface area contributed by atoms with Gasteiger partial charge < -0.3 is 15.2 Å². The van der Waals surface area contributed by atoms with Crippen molar-refractivity contribution in [1.82, 2.24) is 0 Å². The first kappa shape index (κ1) is 20.1. The van der Waals surface area contributed by atoms with Gasteiger partial charge in [-0.15, -0.1) is 12.6 Å². The zero-order valence-corrected chi connectivity index (χ0v) is 12.2. The van der Waals surface area contributed by atoms with Crippen LogP contribution in [0.2, 0.25) is 0 Å². The molecule has 2 N–H and O–H groups in total. The maximum absolute atomic E-state index is 11.8. The van der Waals surface area contributed by atoms with Crippen LogP contribution in [0.15, 0.2) is 40.9 Å². The second-order valence-corrected chi connectivity index (χ2v) is 4.59. The van der Waals surface area contributed by atoms with Crippen LogP contribution in [0, 0.1) is 0 Å². The number of para-hydroxylation sites is 1. The summed E-state index contributed by atoms with van der Waals surface area (Å²) in [6.45, 7) is 3.53. The second-order valence-electron chi connectivity index (χ2n) is 4.14. The SMILES string of the molecule is CCC(C)OC(=O)C(C(=O)O)=C(S)Nc1ccccc1.[NaH]. The van der Waals surface area contributed by atoms with Gasteiger partial charge in [-0.3, -0.25) is 0 Å². The fraction of sp³-hybridized carbons (Fsp3) is 0.286. The zero-order valence-electron chi connectivity index (χ0n) is 11.3. The molecule has 0 bridgehead atoms. The van der Waals surface area contributed by atoms with Gasteiger partial charge in [0.15, 0.2) is 5.57 Å². The molecule has 0 saturated carbocycles. The number of rotatable bonds is 6. The molecule has 1 unspecified atom stereocenters. The number of aliphatic carboxylic acids is 1. The molecule has 110 valence electrons. The minimum atomic E-state index is -1.38. The molecule has 0 fully saturated rings. The fourth-order valence-corrected chi connectivity index (χ4v) is 1.65. The predicted molar refractivity (Wildman–Crippen MR) is 86.7 cm³/mol. The topological polar surface area (TPSA) is 75.6 Å². The Hall–Kier alpha value is -0.950. The van der Waals surface area contributed by atoms with Crippen LogP contribution in [0.4, 0.5) is 5.69 Å². The van der Waals surface area contributed by atoms with Gasteiger partial charge in [-0.25, -0.2) is 9.59 Å². The Labute approximate surface area is 151 Å². The summed E-state index contributed by atoms with van der Waals surface area (Å²) in [6.07, 6.45) is 0.252. The molecule has 1 atom stereocenters. The summed E-state index contributed by atoms with van der Waals surface area (Å²) in [4.78, 5) is 23.0. The average molecular weight is 319 g/mol. The molecule has 0 spiro atoms. The van der Waals surface area contributed by atoms with Gasteiger partial charge in [-0.1, -0.05) is 25.1 Å². The number of anilines is 1. The molecule has 1 aromatic rings. The molecule has 5 nitrogen and oxygen atoms in total. The van der Waals surface area contributed by atoms with E-state index in [9.17, 15) is 9.59 Å². The quantitative estimate of drug-likeness (QED) is 0.187. The van der Waals surface area contributed by atoms with Gasteiger partial charge in [-0.05, 0) is 25.5 Å². The van der Waals surface area contributed by atoms with Crippen molar-refractivity contribution in [2.24, 2.45) is 0 Å². The molecule has 1 aromatic carbocycles. The van der Waals surface area contributed by atoms with Crippen molar-refractivity contribution in [3.05, 3.63) is 40.9 Å². The van der Waals surface area contributed by atoms with E-state index in [0.29, 0.717) is 12.1 Å². The number of carbonyl (C=O) groups excluding carboxylic acids is 1. The molecule has 0 saturated heterocycles. The van der Waals surface area contributed by atoms with Crippen molar-refractivity contribution in [3.8, 4) is 0 Å². The number of carboxylic acid groups (broad SMARTS) is 1. The molecule has 0 radical (unpaired) electrons. The molecule has 0 aromatic heterocycles. The van der Waals surface area contributed by atoms with Crippen LogP contribution < -0.4 is 5.32 Å². The maximum atomic E-state index is 11.8. The molecule has 0 aliphatic heterocycles. The fourth-order valence-electron chi connectivity index (χ4n) is 1.33. The molecular weight excluding hydrogens is 301 g/mol. The Balaban J connectivity index is 0.00000400. The van der Waals surface area contributed by atoms with E-state index in [1.807, 2.05) is 13.0 Å². The average Bonchev–Trinajstić information content (AvgIpc) is 2.39. The molecule has 0 aliphatic carbocycles. The van der Waals surface area contributed by atoms with E-state index in [1.165, 1.54) is 0 Å². The van der Waals surface area contributed by atoms with Gasteiger partial charge in [0, 0.05) is 5.69 Å². The van der Waals surface area contributed by atoms with Crippen molar-refractivity contribution in [3.63, 3.8) is 0 Å². The number of carbonyl (C=O) groups is 2. The van der Waals surface area contributed by atoms with Gasteiger partial charge in [0.1, 0.15) is 0 Å². The third kappa shape index (κ3) is 6.56. The standard InChI is InChI=1S/C14H17NO4S.Na.H/c1-3-9(2)19-14(18)11(13(16)17)12(20)15-10-7-5-4-6-8-10;;/h4-9,15,20H,3H2,1-2H3,(H,16,17);;. The first-order chi connectivity index (χ1) is 9.45. The number of esters is 1. The van der Waals surface area contributed by atoms with Gasteiger partial charge in [-0.2, -0.15) is 0 Å². The van der Waals surface area contributed by atoms with Crippen LogP contribution in [0.25, 0.3) is 0 Å². The van der Waals surface area contributed by atoms with Crippen molar-refractivity contribution in [2.45, 2.75) is 26.4 Å². The Morgan fingerprint density at radius 1 is 1.33 bits per heavy atom. The van der Waals surface area contributed by atoms with Crippen LogP contribution in [0.5, 0.6) is 0 Å². The number of carboxylic acids is 1. The summed E-state index contributed by atoms with van der Waals surface area (Å²) < 4.78 is 5.02. The molecule has 0 heterocycles. The summed E-state index contributed by atoms with van der Waals surface area (Å²) in [5.74, 6) is -2.29. The van der Waals surface area contributed by atoms with Crippen LogP contribution >= 0.6 is 12.6 Å². The van der Waals surface area contributed by atoms with Crippen molar-refractivity contribution < 1.29 is 19.4 Å². The second kappa shape index (κ2) is 9.89. The number of hydrogen-bond acceptors (Lipinski definition) is 5. The third-order valence-corrected chi connectivity index (χ3v) is 2.91. The Kier molecular flexibility index (Phi) is 9.44. The number of nitrogens with one attached hydrogen (secondary N) is 1. The molecule has 0 amide bonds. The van der Waals surface area contributed by atoms with Crippen LogP contribution in [-0.4, -0.2) is 52.7 Å². The molecular formula is C14H18NNaO4S. The van der Waals surface area contributed by atoms with E-state index in [0.717, 1.165) is 0 Å². The molecule has 21 heavy (non-hydrogen) atoms. The van der Waals surface area contributed by atoms with E-state index in [2.05, 4.69) is 17.9 Å². The molecule has 0 aliphatic rings. The number of benzene rings is 1. The predicted octanol–water partition coefficient (Wildman–Crippen LogP) is 2.02. The summed E-state index contributed by atoms with van der Waals surface area (Å²) in [5.41, 5.74) is 0.116. The van der Waals surface area contributed by atoms with Crippen LogP contribution in [0.1, 0.15) is 20.3 Å².